The molecule has 5 heteroatoms. The second-order valence-electron chi connectivity index (χ2n) is 9.65. The SMILES string of the molecule is Fc1ccccc1CN1CCC(CN(Cc2cccc3cnccc23)CC2CCCO2)CC1. The smallest absolute Gasteiger partial charge is 0.127 e. The van der Waals surface area contributed by atoms with Crippen molar-refractivity contribution in [1.82, 2.24) is 14.8 Å². The quantitative estimate of drug-likeness (QED) is 0.471. The van der Waals surface area contributed by atoms with Crippen LogP contribution in [-0.2, 0) is 17.8 Å². The van der Waals surface area contributed by atoms with Gasteiger partial charge in [0.2, 0.25) is 0 Å². The number of piperidine rings is 1. The fourth-order valence-corrected chi connectivity index (χ4v) is 5.41. The molecule has 0 spiro atoms. The third kappa shape index (κ3) is 5.78. The predicted octanol–water partition coefficient (Wildman–Crippen LogP) is 5.27. The lowest BCUT2D eigenvalue weighted by Crippen LogP contribution is -2.40. The highest BCUT2D eigenvalue weighted by Crippen LogP contribution is 2.25. The lowest BCUT2D eigenvalue weighted by atomic mass is 9.95. The van der Waals surface area contributed by atoms with E-state index in [9.17, 15) is 4.39 Å². The Balaban J connectivity index is 1.22. The van der Waals surface area contributed by atoms with Crippen LogP contribution >= 0.6 is 0 Å². The van der Waals surface area contributed by atoms with Gasteiger partial charge in [-0.05, 0) is 67.8 Å². The molecule has 3 aromatic rings. The number of aromatic nitrogens is 1. The highest BCUT2D eigenvalue weighted by Gasteiger charge is 2.25. The van der Waals surface area contributed by atoms with E-state index in [1.54, 1.807) is 12.1 Å². The minimum atomic E-state index is -0.0901. The lowest BCUT2D eigenvalue weighted by Gasteiger charge is -2.35. The number of pyridine rings is 1. The number of ether oxygens (including phenoxy) is 1. The molecule has 0 saturated carbocycles. The van der Waals surface area contributed by atoms with Gasteiger partial charge in [0.1, 0.15) is 5.82 Å². The number of halogens is 1. The van der Waals surface area contributed by atoms with Gasteiger partial charge in [-0.1, -0.05) is 36.4 Å². The fraction of sp³-hybridized carbons (Fsp3) is 0.464. The molecule has 5 rings (SSSR count). The van der Waals surface area contributed by atoms with Gasteiger partial charge < -0.3 is 4.74 Å². The molecule has 0 N–H and O–H groups in total. The second kappa shape index (κ2) is 10.7. The number of hydrogen-bond acceptors (Lipinski definition) is 4. The summed E-state index contributed by atoms with van der Waals surface area (Å²) in [6.45, 7) is 6.71. The van der Waals surface area contributed by atoms with E-state index in [1.807, 2.05) is 24.5 Å². The van der Waals surface area contributed by atoms with Crippen molar-refractivity contribution in [2.45, 2.75) is 44.9 Å². The predicted molar refractivity (Wildman–Crippen MR) is 130 cm³/mol. The fourth-order valence-electron chi connectivity index (χ4n) is 5.41. The molecule has 1 unspecified atom stereocenters. The summed E-state index contributed by atoms with van der Waals surface area (Å²) in [5.74, 6) is 0.576. The molecule has 0 aliphatic carbocycles. The maximum absolute atomic E-state index is 14.1. The molecule has 2 saturated heterocycles. The average Bonchev–Trinajstić information content (AvgIpc) is 3.35. The summed E-state index contributed by atoms with van der Waals surface area (Å²) in [4.78, 5) is 9.30. The Hall–Kier alpha value is -2.34. The lowest BCUT2D eigenvalue weighted by molar-refractivity contribution is 0.0571. The summed E-state index contributed by atoms with van der Waals surface area (Å²) in [5, 5.41) is 2.50. The minimum absolute atomic E-state index is 0.0901. The largest absolute Gasteiger partial charge is 0.377 e. The molecule has 1 aromatic heterocycles. The van der Waals surface area contributed by atoms with E-state index in [2.05, 4.69) is 39.0 Å². The molecule has 0 bridgehead atoms. The van der Waals surface area contributed by atoms with E-state index in [-0.39, 0.29) is 5.82 Å². The van der Waals surface area contributed by atoms with Crippen LogP contribution in [0, 0.1) is 11.7 Å². The molecular weight excluding hydrogens is 413 g/mol. The van der Waals surface area contributed by atoms with Gasteiger partial charge in [0, 0.05) is 56.1 Å². The molecule has 2 aliphatic heterocycles. The maximum atomic E-state index is 14.1. The molecule has 33 heavy (non-hydrogen) atoms. The molecule has 2 fully saturated rings. The van der Waals surface area contributed by atoms with Crippen LogP contribution in [0.4, 0.5) is 4.39 Å². The number of rotatable bonds is 8. The first-order chi connectivity index (χ1) is 16.2. The number of hydrogen-bond donors (Lipinski definition) is 0. The van der Waals surface area contributed by atoms with Crippen molar-refractivity contribution >= 4 is 10.8 Å². The minimum Gasteiger partial charge on any atom is -0.377 e. The highest BCUT2D eigenvalue weighted by atomic mass is 19.1. The van der Waals surface area contributed by atoms with Crippen LogP contribution in [0.1, 0.15) is 36.8 Å². The number of likely N-dealkylation sites (tertiary alicyclic amines) is 1. The Morgan fingerprint density at radius 3 is 2.64 bits per heavy atom. The van der Waals surface area contributed by atoms with E-state index in [0.29, 0.717) is 18.6 Å². The monoisotopic (exact) mass is 447 g/mol. The summed E-state index contributed by atoms with van der Waals surface area (Å²) < 4.78 is 20.1. The van der Waals surface area contributed by atoms with Crippen LogP contribution < -0.4 is 0 Å². The van der Waals surface area contributed by atoms with Gasteiger partial charge in [-0.3, -0.25) is 14.8 Å². The van der Waals surface area contributed by atoms with Crippen molar-refractivity contribution in [3.63, 3.8) is 0 Å². The normalized spacial score (nSPS) is 20.1. The van der Waals surface area contributed by atoms with Gasteiger partial charge in [0.05, 0.1) is 6.10 Å². The first-order valence-corrected chi connectivity index (χ1v) is 12.4. The second-order valence-corrected chi connectivity index (χ2v) is 9.65. The summed E-state index contributed by atoms with van der Waals surface area (Å²) in [5.41, 5.74) is 2.17. The van der Waals surface area contributed by atoms with Gasteiger partial charge in [0.15, 0.2) is 0 Å². The standard InChI is InChI=1S/C28H34FN3O/c29-28-9-2-1-5-25(28)20-31-14-11-22(12-15-31)18-32(21-26-8-4-16-33-26)19-24-7-3-6-23-17-30-13-10-27(23)24/h1-3,5-7,9-10,13,17,22,26H,4,8,11-12,14-16,18-21H2. The third-order valence-electron chi connectivity index (χ3n) is 7.23. The van der Waals surface area contributed by atoms with Crippen molar-refractivity contribution in [1.29, 1.82) is 0 Å². The van der Waals surface area contributed by atoms with E-state index in [1.165, 1.54) is 22.8 Å². The van der Waals surface area contributed by atoms with Gasteiger partial charge in [-0.25, -0.2) is 4.39 Å². The summed E-state index contributed by atoms with van der Waals surface area (Å²) in [6, 6.07) is 15.8. The molecule has 2 aliphatic rings. The summed E-state index contributed by atoms with van der Waals surface area (Å²) in [7, 11) is 0. The third-order valence-corrected chi connectivity index (χ3v) is 7.23. The first kappa shape index (κ1) is 22.5. The molecule has 1 atom stereocenters. The Kier molecular flexibility index (Phi) is 7.30. The van der Waals surface area contributed by atoms with E-state index < -0.39 is 0 Å². The van der Waals surface area contributed by atoms with Crippen molar-refractivity contribution in [2.24, 2.45) is 5.92 Å². The zero-order valence-electron chi connectivity index (χ0n) is 19.3. The van der Waals surface area contributed by atoms with Crippen LogP contribution in [0.25, 0.3) is 10.8 Å². The van der Waals surface area contributed by atoms with Gasteiger partial charge >= 0.3 is 0 Å². The highest BCUT2D eigenvalue weighted by molar-refractivity contribution is 5.84. The molecule has 4 nitrogen and oxygen atoms in total. The Morgan fingerprint density at radius 1 is 0.970 bits per heavy atom. The van der Waals surface area contributed by atoms with Gasteiger partial charge in [-0.15, -0.1) is 0 Å². The summed E-state index contributed by atoms with van der Waals surface area (Å²) in [6.07, 6.45) is 8.86. The van der Waals surface area contributed by atoms with Crippen molar-refractivity contribution in [2.75, 3.05) is 32.8 Å². The molecular formula is C28H34FN3O. The summed E-state index contributed by atoms with van der Waals surface area (Å²) >= 11 is 0. The molecule has 3 heterocycles. The number of benzene rings is 2. The van der Waals surface area contributed by atoms with E-state index in [0.717, 1.165) is 64.2 Å². The Morgan fingerprint density at radius 2 is 1.82 bits per heavy atom. The van der Waals surface area contributed by atoms with Crippen LogP contribution in [0.5, 0.6) is 0 Å². The number of fused-ring (bicyclic) bond motifs is 1. The molecule has 2 aromatic carbocycles. The van der Waals surface area contributed by atoms with Crippen LogP contribution in [0.3, 0.4) is 0 Å². The topological polar surface area (TPSA) is 28.6 Å². The van der Waals surface area contributed by atoms with Crippen molar-refractivity contribution < 1.29 is 9.13 Å². The Labute approximate surface area is 196 Å². The zero-order valence-corrected chi connectivity index (χ0v) is 19.3. The van der Waals surface area contributed by atoms with Gasteiger partial charge in [-0.2, -0.15) is 0 Å². The van der Waals surface area contributed by atoms with E-state index >= 15 is 0 Å². The van der Waals surface area contributed by atoms with Gasteiger partial charge in [0.25, 0.3) is 0 Å². The van der Waals surface area contributed by atoms with Crippen LogP contribution in [0.2, 0.25) is 0 Å². The molecule has 174 valence electrons. The van der Waals surface area contributed by atoms with Crippen LogP contribution in [0.15, 0.2) is 60.9 Å². The zero-order chi connectivity index (χ0) is 22.5. The number of nitrogens with zero attached hydrogens (tertiary/aromatic N) is 3. The maximum Gasteiger partial charge on any atom is 0.127 e. The Bertz CT molecular complexity index is 1040. The average molecular weight is 448 g/mol. The first-order valence-electron chi connectivity index (χ1n) is 12.4. The van der Waals surface area contributed by atoms with Crippen molar-refractivity contribution in [3.05, 3.63) is 77.9 Å². The van der Waals surface area contributed by atoms with Crippen molar-refractivity contribution in [3.8, 4) is 0 Å². The molecule has 0 amide bonds. The molecule has 0 radical (unpaired) electrons. The van der Waals surface area contributed by atoms with Crippen LogP contribution in [-0.4, -0.2) is 53.7 Å². The van der Waals surface area contributed by atoms with E-state index in [4.69, 9.17) is 4.74 Å².